The predicted molar refractivity (Wildman–Crippen MR) is 68.5 cm³/mol. The summed E-state index contributed by atoms with van der Waals surface area (Å²) in [7, 11) is 0. The van der Waals surface area contributed by atoms with Crippen LogP contribution in [0.1, 0.15) is 30.7 Å². The normalized spacial score (nSPS) is 13.9. The van der Waals surface area contributed by atoms with Gasteiger partial charge in [-0.2, -0.15) is 5.21 Å². The summed E-state index contributed by atoms with van der Waals surface area (Å²) in [5.41, 5.74) is 1.07. The molecule has 0 unspecified atom stereocenters. The first-order chi connectivity index (χ1) is 9.22. The Labute approximate surface area is 110 Å². The number of tetrazole rings is 1. The molecule has 0 saturated heterocycles. The molecule has 2 atom stereocenters. The van der Waals surface area contributed by atoms with Crippen LogP contribution < -0.4 is 0 Å². The summed E-state index contributed by atoms with van der Waals surface area (Å²) in [5.74, 6) is -1.16. The van der Waals surface area contributed by atoms with Crippen LogP contribution in [0.2, 0.25) is 0 Å². The van der Waals surface area contributed by atoms with E-state index >= 15 is 0 Å². The van der Waals surface area contributed by atoms with E-state index in [1.807, 2.05) is 37.3 Å². The number of carboxylic acid groups (broad SMARTS) is 1. The number of hydrogen-bond acceptors (Lipinski definition) is 4. The van der Waals surface area contributed by atoms with E-state index in [0.717, 1.165) is 5.56 Å². The van der Waals surface area contributed by atoms with Gasteiger partial charge in [-0.15, -0.1) is 10.2 Å². The molecule has 0 fully saturated rings. The first kappa shape index (κ1) is 13.2. The molecule has 6 nitrogen and oxygen atoms in total. The van der Waals surface area contributed by atoms with Gasteiger partial charge in [-0.1, -0.05) is 42.5 Å². The number of H-pyrrole nitrogens is 1. The van der Waals surface area contributed by atoms with Crippen molar-refractivity contribution < 1.29 is 9.90 Å². The van der Waals surface area contributed by atoms with Gasteiger partial charge >= 0.3 is 5.97 Å². The van der Waals surface area contributed by atoms with Crippen LogP contribution >= 0.6 is 0 Å². The third-order valence-corrected chi connectivity index (χ3v) is 3.23. The number of carbonyl (C=O) groups is 1. The van der Waals surface area contributed by atoms with E-state index in [2.05, 4.69) is 20.6 Å². The van der Waals surface area contributed by atoms with Crippen molar-refractivity contribution in [2.45, 2.75) is 25.7 Å². The second-order valence-corrected chi connectivity index (χ2v) is 4.42. The van der Waals surface area contributed by atoms with Crippen molar-refractivity contribution in [2.24, 2.45) is 5.92 Å². The molecule has 6 heteroatoms. The quantitative estimate of drug-likeness (QED) is 0.823. The first-order valence-electron chi connectivity index (χ1n) is 6.22. The smallest absolute Gasteiger partial charge is 0.307 e. The molecule has 0 bridgehead atoms. The molecule has 0 amide bonds. The highest BCUT2D eigenvalue weighted by Gasteiger charge is 2.31. The highest BCUT2D eigenvalue weighted by molar-refractivity contribution is 5.71. The molecule has 2 N–H and O–H groups in total. The van der Waals surface area contributed by atoms with E-state index in [9.17, 15) is 9.90 Å². The zero-order chi connectivity index (χ0) is 13.7. The summed E-state index contributed by atoms with van der Waals surface area (Å²) in [6, 6.07) is 9.75. The van der Waals surface area contributed by atoms with Gasteiger partial charge in [-0.3, -0.25) is 4.79 Å². The maximum absolute atomic E-state index is 11.4. The molecule has 1 aromatic carbocycles. The number of aliphatic carboxylic acids is 1. The summed E-state index contributed by atoms with van der Waals surface area (Å²) >= 11 is 0. The Balaban J connectivity index is 2.27. The van der Waals surface area contributed by atoms with Crippen LogP contribution in [0, 0.1) is 5.92 Å². The Morgan fingerprint density at radius 2 is 2.11 bits per heavy atom. The van der Waals surface area contributed by atoms with Gasteiger partial charge in [-0.05, 0) is 18.4 Å². The van der Waals surface area contributed by atoms with Crippen molar-refractivity contribution in [3.63, 3.8) is 0 Å². The number of nitrogens with one attached hydrogen (secondary N) is 1. The van der Waals surface area contributed by atoms with Crippen molar-refractivity contribution in [2.75, 3.05) is 0 Å². The van der Waals surface area contributed by atoms with E-state index in [1.54, 1.807) is 0 Å². The fourth-order valence-corrected chi connectivity index (χ4v) is 2.24. The molecule has 2 aromatic rings. The molecule has 0 spiro atoms. The van der Waals surface area contributed by atoms with Gasteiger partial charge in [0.1, 0.15) is 0 Å². The van der Waals surface area contributed by atoms with Crippen LogP contribution in [0.3, 0.4) is 0 Å². The second-order valence-electron chi connectivity index (χ2n) is 4.42. The molecule has 100 valence electrons. The van der Waals surface area contributed by atoms with E-state index in [0.29, 0.717) is 18.7 Å². The Bertz CT molecular complexity index is 513. The average Bonchev–Trinajstić information content (AvgIpc) is 2.93. The minimum atomic E-state index is -0.826. The number of aromatic nitrogens is 4. The Kier molecular flexibility index (Phi) is 4.22. The topological polar surface area (TPSA) is 91.8 Å². The van der Waals surface area contributed by atoms with Crippen LogP contribution in [-0.2, 0) is 11.2 Å². The second kappa shape index (κ2) is 6.08. The molecule has 0 aliphatic carbocycles. The number of carboxylic acids is 1. The zero-order valence-electron chi connectivity index (χ0n) is 10.7. The summed E-state index contributed by atoms with van der Waals surface area (Å²) in [5, 5.41) is 23.2. The van der Waals surface area contributed by atoms with Gasteiger partial charge in [-0.25, -0.2) is 0 Å². The van der Waals surface area contributed by atoms with Gasteiger partial charge in [0, 0.05) is 5.92 Å². The summed E-state index contributed by atoms with van der Waals surface area (Å²) in [6.07, 6.45) is 1.12. The summed E-state index contributed by atoms with van der Waals surface area (Å²) < 4.78 is 0. The van der Waals surface area contributed by atoms with Crippen molar-refractivity contribution in [1.82, 2.24) is 20.6 Å². The summed E-state index contributed by atoms with van der Waals surface area (Å²) in [6.45, 7) is 1.86. The van der Waals surface area contributed by atoms with E-state index in [1.165, 1.54) is 0 Å². The van der Waals surface area contributed by atoms with Gasteiger partial charge < -0.3 is 5.11 Å². The molecule has 0 radical (unpaired) electrons. The zero-order valence-corrected chi connectivity index (χ0v) is 10.7. The van der Waals surface area contributed by atoms with Crippen molar-refractivity contribution >= 4 is 5.97 Å². The molecule has 0 aliphatic heterocycles. The summed E-state index contributed by atoms with van der Waals surface area (Å²) in [4.78, 5) is 11.4. The molecule has 1 heterocycles. The lowest BCUT2D eigenvalue weighted by molar-refractivity contribution is -0.142. The fraction of sp³-hybridized carbons (Fsp3) is 0.385. The Morgan fingerprint density at radius 1 is 1.37 bits per heavy atom. The van der Waals surface area contributed by atoms with Crippen LogP contribution in [0.15, 0.2) is 30.3 Å². The predicted octanol–water partition coefficient (Wildman–Crippen LogP) is 1.64. The molecular weight excluding hydrogens is 244 g/mol. The molecule has 1 aromatic heterocycles. The lowest BCUT2D eigenvalue weighted by Gasteiger charge is -2.19. The number of nitrogens with zero attached hydrogens (tertiary/aromatic N) is 3. The highest BCUT2D eigenvalue weighted by Crippen LogP contribution is 2.28. The lowest BCUT2D eigenvalue weighted by Crippen LogP contribution is -2.24. The monoisotopic (exact) mass is 260 g/mol. The largest absolute Gasteiger partial charge is 0.481 e. The van der Waals surface area contributed by atoms with Crippen molar-refractivity contribution in [3.8, 4) is 0 Å². The minimum Gasteiger partial charge on any atom is -0.481 e. The van der Waals surface area contributed by atoms with Crippen LogP contribution in [0.4, 0.5) is 0 Å². The molecular formula is C13H16N4O2. The van der Waals surface area contributed by atoms with E-state index in [-0.39, 0.29) is 5.92 Å². The molecule has 0 saturated carbocycles. The van der Waals surface area contributed by atoms with Gasteiger partial charge in [0.05, 0.1) is 5.92 Å². The SMILES string of the molecule is CC[C@H](C(=O)O)[C@H](Cc1ccccc1)c1nn[nH]n1. The maximum atomic E-state index is 11.4. The standard InChI is InChI=1S/C13H16N4O2/c1-2-10(13(18)19)11(12-14-16-17-15-12)8-9-6-4-3-5-7-9/h3-7,10-11H,2,8H2,1H3,(H,18,19)(H,14,15,16,17)/t10-,11-/m0/s1. The van der Waals surface area contributed by atoms with Gasteiger partial charge in [0.15, 0.2) is 5.82 Å². The third kappa shape index (κ3) is 3.15. The lowest BCUT2D eigenvalue weighted by atomic mass is 9.84. The van der Waals surface area contributed by atoms with Crippen LogP contribution in [0.25, 0.3) is 0 Å². The van der Waals surface area contributed by atoms with Crippen molar-refractivity contribution in [1.29, 1.82) is 0 Å². The Hall–Kier alpha value is -2.24. The first-order valence-corrected chi connectivity index (χ1v) is 6.22. The molecule has 0 aliphatic rings. The minimum absolute atomic E-state index is 0.274. The van der Waals surface area contributed by atoms with Crippen LogP contribution in [0.5, 0.6) is 0 Å². The number of benzene rings is 1. The van der Waals surface area contributed by atoms with Crippen LogP contribution in [-0.4, -0.2) is 31.7 Å². The number of aromatic amines is 1. The number of rotatable bonds is 6. The average molecular weight is 260 g/mol. The fourth-order valence-electron chi connectivity index (χ4n) is 2.24. The van der Waals surface area contributed by atoms with E-state index < -0.39 is 11.9 Å². The molecule has 19 heavy (non-hydrogen) atoms. The number of hydrogen-bond donors (Lipinski definition) is 2. The maximum Gasteiger partial charge on any atom is 0.307 e. The molecule has 2 rings (SSSR count). The third-order valence-electron chi connectivity index (χ3n) is 3.23. The van der Waals surface area contributed by atoms with Gasteiger partial charge in [0.2, 0.25) is 0 Å². The Morgan fingerprint density at radius 3 is 2.63 bits per heavy atom. The van der Waals surface area contributed by atoms with Gasteiger partial charge in [0.25, 0.3) is 0 Å². The van der Waals surface area contributed by atoms with E-state index in [4.69, 9.17) is 0 Å². The highest BCUT2D eigenvalue weighted by atomic mass is 16.4. The van der Waals surface area contributed by atoms with Crippen molar-refractivity contribution in [3.05, 3.63) is 41.7 Å².